The average Bonchev–Trinajstić information content (AvgIpc) is 0.728. The van der Waals surface area contributed by atoms with Crippen molar-refractivity contribution in [2.45, 2.75) is 105 Å². The highest BCUT2D eigenvalue weighted by Crippen LogP contribution is 2.54. The third-order valence-corrected chi connectivity index (χ3v) is 21.7. The van der Waals surface area contributed by atoms with Crippen LogP contribution in [0.1, 0.15) is 105 Å². The van der Waals surface area contributed by atoms with Crippen molar-refractivity contribution in [2.24, 2.45) is 0 Å². The first-order valence-electron chi connectivity index (χ1n) is 35.6. The van der Waals surface area contributed by atoms with Gasteiger partial charge in [0.25, 0.3) is 6.71 Å². The number of hydrogen-bond acceptors (Lipinski definition) is 3. The van der Waals surface area contributed by atoms with E-state index in [1.165, 1.54) is 93.5 Å². The normalized spacial score (nSPS) is 13.3. The molecular formula is C94H81BN4O. The number of benzene rings is 13. The number of rotatable bonds is 7. The topological polar surface area (TPSA) is 29.5 Å². The number of hydrogen-bond donors (Lipinski definition) is 0. The maximum atomic E-state index is 7.22. The van der Waals surface area contributed by atoms with Gasteiger partial charge in [0.1, 0.15) is 5.58 Å². The molecule has 100 heavy (non-hydrogen) atoms. The van der Waals surface area contributed by atoms with Crippen molar-refractivity contribution >= 4 is 123 Å². The van der Waals surface area contributed by atoms with E-state index in [0.717, 1.165) is 89.6 Å². The van der Waals surface area contributed by atoms with Gasteiger partial charge in [0.2, 0.25) is 0 Å². The Balaban J connectivity index is 0.996. The molecule has 16 aromatic rings. The van der Waals surface area contributed by atoms with Gasteiger partial charge in [-0.1, -0.05) is 265 Å². The summed E-state index contributed by atoms with van der Waals surface area (Å²) in [7, 11) is 0. The van der Waals surface area contributed by atoms with Gasteiger partial charge in [-0.15, -0.1) is 0 Å². The van der Waals surface area contributed by atoms with Gasteiger partial charge in [-0.25, -0.2) is 0 Å². The lowest BCUT2D eigenvalue weighted by Crippen LogP contribution is -2.61. The second-order valence-electron chi connectivity index (χ2n) is 32.2. The standard InChI is InChI=1S/C94H81BN4O/c1-91(2,3)62-47-61(48-63(50-62)92(4,5)6)60-43-45-76-83(49-60)98(80-41-28-38-71-70-37-24-27-42-87(70)100-90(71)80)85-53-65(94(10,11)12)54-86-88(85)95(76)77-46-44-67(55-84(77)99(86)89-72(58-29-16-13-17-30-58)51-64(93(7,8)9)52-73(89)59-31-18-14-19-32-59)97-79-40-26-23-36-69(79)75-56-74-68-35-22-25-39-78(68)96(81(74)57-82(75)97)66-33-20-15-21-34-66/h13-57H,1-12H3. The molecule has 0 saturated carbocycles. The maximum absolute atomic E-state index is 7.22. The molecule has 0 N–H and O–H groups in total. The van der Waals surface area contributed by atoms with E-state index in [2.05, 4.69) is 375 Å². The predicted molar refractivity (Wildman–Crippen MR) is 428 cm³/mol. The lowest BCUT2D eigenvalue weighted by Gasteiger charge is -2.46. The van der Waals surface area contributed by atoms with Crippen LogP contribution < -0.4 is 26.2 Å². The van der Waals surface area contributed by atoms with E-state index in [-0.39, 0.29) is 28.4 Å². The average molecular weight is 1290 g/mol. The van der Waals surface area contributed by atoms with Crippen LogP contribution >= 0.6 is 0 Å². The summed E-state index contributed by atoms with van der Waals surface area (Å²) in [5.41, 5.74) is 30.5. The Labute approximate surface area is 587 Å². The highest BCUT2D eigenvalue weighted by molar-refractivity contribution is 7.00. The fraction of sp³-hybridized carbons (Fsp3) is 0.170. The van der Waals surface area contributed by atoms with Crippen molar-refractivity contribution in [2.75, 3.05) is 9.80 Å². The van der Waals surface area contributed by atoms with Crippen LogP contribution in [0.25, 0.3) is 110 Å². The maximum Gasteiger partial charge on any atom is 0.252 e. The molecule has 6 heteroatoms. The van der Waals surface area contributed by atoms with Gasteiger partial charge in [-0.3, -0.25) is 0 Å². The van der Waals surface area contributed by atoms with Crippen LogP contribution in [-0.4, -0.2) is 15.8 Å². The Kier molecular flexibility index (Phi) is 13.6. The number of furan rings is 1. The summed E-state index contributed by atoms with van der Waals surface area (Å²) in [4.78, 5) is 5.31. The summed E-state index contributed by atoms with van der Waals surface area (Å²) in [5.74, 6) is 0. The minimum Gasteiger partial charge on any atom is -0.454 e. The monoisotopic (exact) mass is 1290 g/mol. The van der Waals surface area contributed by atoms with Crippen LogP contribution in [0.2, 0.25) is 0 Å². The van der Waals surface area contributed by atoms with Crippen LogP contribution in [0.3, 0.4) is 0 Å². The molecular weight excluding hydrogens is 1210 g/mol. The SMILES string of the molecule is CC(C)(C)c1cc(-c2ccc3c(c2)N(c2cccc4c2oc2ccccc24)c2cc(C(C)(C)C)cc4c2B3c2ccc(-n3c5ccccc5c5cc6c7ccccc7n(-c7ccccc7)c6cc53)cc2N4c2c(-c3ccccc3)cc(C(C)(C)C)cc2-c2ccccc2)cc(C(C)(C)C)c1. The molecule has 2 aliphatic heterocycles. The second-order valence-corrected chi connectivity index (χ2v) is 32.2. The highest BCUT2D eigenvalue weighted by atomic mass is 16.3. The molecule has 0 aliphatic carbocycles. The quantitative estimate of drug-likeness (QED) is 0.149. The minimum absolute atomic E-state index is 0.0795. The molecule has 13 aromatic carbocycles. The molecule has 0 radical (unpaired) electrons. The molecule has 0 saturated heterocycles. The summed E-state index contributed by atoms with van der Waals surface area (Å²) in [6.45, 7) is 28.0. The van der Waals surface area contributed by atoms with Gasteiger partial charge >= 0.3 is 0 Å². The molecule has 0 fully saturated rings. The Bertz CT molecular complexity index is 5930. The second kappa shape index (κ2) is 22.2. The van der Waals surface area contributed by atoms with Gasteiger partial charge in [0.15, 0.2) is 5.58 Å². The molecule has 2 aliphatic rings. The number of nitrogens with zero attached hydrogens (tertiary/aromatic N) is 4. The highest BCUT2D eigenvalue weighted by Gasteiger charge is 2.46. The zero-order valence-electron chi connectivity index (χ0n) is 59.3. The lowest BCUT2D eigenvalue weighted by molar-refractivity contribution is 0.569. The zero-order valence-corrected chi connectivity index (χ0v) is 59.3. The fourth-order valence-electron chi connectivity index (χ4n) is 16.3. The molecule has 486 valence electrons. The fourth-order valence-corrected chi connectivity index (χ4v) is 16.3. The van der Waals surface area contributed by atoms with E-state index in [4.69, 9.17) is 4.42 Å². The Morgan fingerprint density at radius 2 is 0.750 bits per heavy atom. The van der Waals surface area contributed by atoms with Gasteiger partial charge in [0.05, 0.1) is 33.4 Å². The van der Waals surface area contributed by atoms with Crippen molar-refractivity contribution in [3.8, 4) is 44.8 Å². The Morgan fingerprint density at radius 3 is 1.33 bits per heavy atom. The Morgan fingerprint density at radius 1 is 0.280 bits per heavy atom. The largest absolute Gasteiger partial charge is 0.454 e. The van der Waals surface area contributed by atoms with E-state index in [0.29, 0.717) is 0 Å². The van der Waals surface area contributed by atoms with E-state index < -0.39 is 0 Å². The summed E-state index contributed by atoms with van der Waals surface area (Å²) >= 11 is 0. The third-order valence-electron chi connectivity index (χ3n) is 21.7. The lowest BCUT2D eigenvalue weighted by atomic mass is 9.33. The van der Waals surface area contributed by atoms with E-state index in [1.807, 2.05) is 0 Å². The van der Waals surface area contributed by atoms with Crippen LogP contribution in [0, 0.1) is 0 Å². The number of aromatic nitrogens is 2. The number of anilines is 6. The van der Waals surface area contributed by atoms with Crippen LogP contribution in [0.5, 0.6) is 0 Å². The zero-order chi connectivity index (χ0) is 68.5. The van der Waals surface area contributed by atoms with Crippen molar-refractivity contribution in [1.29, 1.82) is 0 Å². The molecule has 0 unspecified atom stereocenters. The summed E-state index contributed by atoms with van der Waals surface area (Å²) < 4.78 is 12.2. The smallest absolute Gasteiger partial charge is 0.252 e. The number of fused-ring (bicyclic) bond motifs is 13. The van der Waals surface area contributed by atoms with E-state index in [1.54, 1.807) is 0 Å². The van der Waals surface area contributed by atoms with Crippen molar-refractivity contribution in [3.05, 3.63) is 295 Å². The summed E-state index contributed by atoms with van der Waals surface area (Å²) in [6, 6.07) is 104. The van der Waals surface area contributed by atoms with Gasteiger partial charge in [0, 0.05) is 77.6 Å². The molecule has 5 nitrogen and oxygen atoms in total. The molecule has 0 amide bonds. The van der Waals surface area contributed by atoms with Crippen LogP contribution in [-0.2, 0) is 21.7 Å². The van der Waals surface area contributed by atoms with Crippen molar-refractivity contribution in [3.63, 3.8) is 0 Å². The molecule has 0 atom stereocenters. The molecule has 0 spiro atoms. The first-order valence-corrected chi connectivity index (χ1v) is 35.6. The van der Waals surface area contributed by atoms with E-state index in [9.17, 15) is 0 Å². The molecule has 5 heterocycles. The number of para-hydroxylation sites is 5. The van der Waals surface area contributed by atoms with Gasteiger partial charge < -0.3 is 23.4 Å². The summed E-state index contributed by atoms with van der Waals surface area (Å²) in [6.07, 6.45) is 0. The third kappa shape index (κ3) is 9.65. The van der Waals surface area contributed by atoms with Crippen LogP contribution in [0.4, 0.5) is 34.1 Å². The first kappa shape index (κ1) is 61.3. The Hall–Kier alpha value is -11.1. The van der Waals surface area contributed by atoms with E-state index >= 15 is 0 Å². The van der Waals surface area contributed by atoms with Crippen LogP contribution in [0.15, 0.2) is 277 Å². The van der Waals surface area contributed by atoms with Crippen molar-refractivity contribution in [1.82, 2.24) is 9.13 Å². The first-order chi connectivity index (χ1) is 48.1. The minimum atomic E-state index is -0.304. The predicted octanol–water partition coefficient (Wildman–Crippen LogP) is 24.1. The van der Waals surface area contributed by atoms with Gasteiger partial charge in [-0.05, 0) is 174 Å². The molecule has 0 bridgehead atoms. The van der Waals surface area contributed by atoms with Crippen molar-refractivity contribution < 1.29 is 4.42 Å². The summed E-state index contributed by atoms with van der Waals surface area (Å²) in [5, 5.41) is 7.09. The van der Waals surface area contributed by atoms with Gasteiger partial charge in [-0.2, -0.15) is 0 Å². The molecule has 3 aromatic heterocycles. The molecule has 18 rings (SSSR count).